The molecule has 0 spiro atoms. The molecule has 6 nitrogen and oxygen atoms in total. The lowest BCUT2D eigenvalue weighted by Gasteiger charge is -2.06. The number of hydrogen-bond acceptors (Lipinski definition) is 6. The Morgan fingerprint density at radius 1 is 1.13 bits per heavy atom. The Hall–Kier alpha value is -2.58. The van der Waals surface area contributed by atoms with Crippen LogP contribution in [0.1, 0.15) is 40.5 Å². The Labute approximate surface area is 189 Å². The Morgan fingerprint density at radius 3 is 2.55 bits per heavy atom. The fourth-order valence-corrected chi connectivity index (χ4v) is 4.44. The number of amides is 1. The average molecular weight is 459 g/mol. The van der Waals surface area contributed by atoms with Crippen LogP contribution in [0.5, 0.6) is 5.75 Å². The fraction of sp³-hybridized carbons (Fsp3) is 0.348. The van der Waals surface area contributed by atoms with Crippen molar-refractivity contribution in [3.8, 4) is 5.75 Å². The lowest BCUT2D eigenvalue weighted by atomic mass is 10.2. The minimum Gasteiger partial charge on any atom is -0.494 e. The van der Waals surface area contributed by atoms with Crippen molar-refractivity contribution in [2.24, 2.45) is 4.99 Å². The van der Waals surface area contributed by atoms with Gasteiger partial charge in [-0.1, -0.05) is 24.7 Å². The molecule has 0 saturated heterocycles. The zero-order valence-corrected chi connectivity index (χ0v) is 19.6. The highest BCUT2D eigenvalue weighted by Crippen LogP contribution is 2.21. The van der Waals surface area contributed by atoms with Gasteiger partial charge in [-0.25, -0.2) is 4.79 Å². The van der Waals surface area contributed by atoms with Gasteiger partial charge in [-0.3, -0.25) is 4.79 Å². The second-order valence-corrected chi connectivity index (χ2v) is 8.84. The van der Waals surface area contributed by atoms with Gasteiger partial charge >= 0.3 is 5.97 Å². The Bertz CT molecular complexity index is 1120. The number of carbonyl (C=O) groups excluding carboxylic acids is 2. The summed E-state index contributed by atoms with van der Waals surface area (Å²) in [7, 11) is 1.36. The van der Waals surface area contributed by atoms with Crippen LogP contribution in [0.3, 0.4) is 0 Å². The summed E-state index contributed by atoms with van der Waals surface area (Å²) in [6.45, 7) is 3.50. The van der Waals surface area contributed by atoms with Gasteiger partial charge in [0.15, 0.2) is 4.80 Å². The number of aromatic nitrogens is 1. The van der Waals surface area contributed by atoms with E-state index in [-0.39, 0.29) is 11.9 Å². The van der Waals surface area contributed by atoms with Crippen molar-refractivity contribution in [1.82, 2.24) is 4.57 Å². The number of esters is 1. The molecule has 0 fully saturated rings. The Balaban J connectivity index is 1.93. The zero-order chi connectivity index (χ0) is 22.2. The smallest absolute Gasteiger partial charge is 0.337 e. The predicted octanol–water partition coefficient (Wildman–Crippen LogP) is 4.77. The van der Waals surface area contributed by atoms with Crippen molar-refractivity contribution < 1.29 is 19.1 Å². The molecule has 8 heteroatoms. The minimum atomic E-state index is -0.387. The van der Waals surface area contributed by atoms with E-state index in [0.29, 0.717) is 22.5 Å². The summed E-state index contributed by atoms with van der Waals surface area (Å²) in [5, 5.41) is 0. The van der Waals surface area contributed by atoms with E-state index in [1.165, 1.54) is 18.4 Å². The van der Waals surface area contributed by atoms with E-state index in [0.717, 1.165) is 41.1 Å². The molecule has 164 valence electrons. The van der Waals surface area contributed by atoms with E-state index in [1.807, 2.05) is 16.9 Å². The summed E-state index contributed by atoms with van der Waals surface area (Å²) in [5.74, 6) is 0.937. The number of hydrogen-bond donors (Lipinski definition) is 0. The van der Waals surface area contributed by atoms with Gasteiger partial charge in [0.1, 0.15) is 5.75 Å². The van der Waals surface area contributed by atoms with Crippen LogP contribution in [0.4, 0.5) is 0 Å². The van der Waals surface area contributed by atoms with Crippen LogP contribution in [0.25, 0.3) is 10.2 Å². The van der Waals surface area contributed by atoms with Crippen LogP contribution >= 0.6 is 23.1 Å². The number of fused-ring (bicyclic) bond motifs is 1. The highest BCUT2D eigenvalue weighted by molar-refractivity contribution is 7.98. The molecule has 0 unspecified atom stereocenters. The van der Waals surface area contributed by atoms with E-state index in [2.05, 4.69) is 11.9 Å². The maximum absolute atomic E-state index is 12.8. The molecule has 1 heterocycles. The lowest BCUT2D eigenvalue weighted by Crippen LogP contribution is -2.18. The number of carbonyl (C=O) groups is 2. The van der Waals surface area contributed by atoms with Gasteiger partial charge in [0.2, 0.25) is 0 Å². The van der Waals surface area contributed by atoms with Gasteiger partial charge in [-0.15, -0.1) is 0 Å². The second kappa shape index (κ2) is 11.2. The summed E-state index contributed by atoms with van der Waals surface area (Å²) in [5.41, 5.74) is 1.93. The molecule has 3 aromatic rings. The molecular weight excluding hydrogens is 432 g/mol. The van der Waals surface area contributed by atoms with Crippen molar-refractivity contribution in [3.05, 3.63) is 58.4 Å². The number of thiazole rings is 1. The van der Waals surface area contributed by atoms with Crippen LogP contribution in [0.15, 0.2) is 47.5 Å². The number of rotatable bonds is 9. The van der Waals surface area contributed by atoms with Gasteiger partial charge in [-0.2, -0.15) is 16.8 Å². The zero-order valence-electron chi connectivity index (χ0n) is 17.9. The van der Waals surface area contributed by atoms with Crippen molar-refractivity contribution in [2.75, 3.05) is 25.7 Å². The monoisotopic (exact) mass is 458 g/mol. The van der Waals surface area contributed by atoms with E-state index >= 15 is 0 Å². The summed E-state index contributed by atoms with van der Waals surface area (Å²) in [6, 6.07) is 12.5. The van der Waals surface area contributed by atoms with E-state index in [4.69, 9.17) is 9.47 Å². The first-order valence-electron chi connectivity index (χ1n) is 10.1. The highest BCUT2D eigenvalue weighted by atomic mass is 32.2. The Morgan fingerprint density at radius 2 is 1.87 bits per heavy atom. The standard InChI is InChI=1S/C23H26N2O4S2/c1-4-5-13-29-18-9-6-16(7-10-18)21(26)24-23-25(12-14-30-3)19-11-8-17(22(27)28-2)15-20(19)31-23/h6-11,15H,4-5,12-14H2,1-3H3. The van der Waals surface area contributed by atoms with Crippen LogP contribution in [-0.4, -0.2) is 42.2 Å². The minimum absolute atomic E-state index is 0.308. The fourth-order valence-electron chi connectivity index (χ4n) is 2.98. The Kier molecular flexibility index (Phi) is 8.31. The topological polar surface area (TPSA) is 69.9 Å². The number of benzene rings is 2. The van der Waals surface area contributed by atoms with Gasteiger partial charge < -0.3 is 14.0 Å². The van der Waals surface area contributed by atoms with Crippen LogP contribution in [0, 0.1) is 0 Å². The summed E-state index contributed by atoms with van der Waals surface area (Å²) >= 11 is 3.11. The van der Waals surface area contributed by atoms with Crippen molar-refractivity contribution in [1.29, 1.82) is 0 Å². The molecule has 1 aromatic heterocycles. The molecule has 0 bridgehead atoms. The first kappa shape index (κ1) is 23.1. The largest absolute Gasteiger partial charge is 0.494 e. The summed E-state index contributed by atoms with van der Waals surface area (Å²) in [4.78, 5) is 29.7. The molecule has 0 radical (unpaired) electrons. The third-order valence-electron chi connectivity index (χ3n) is 4.69. The molecule has 0 N–H and O–H groups in total. The third kappa shape index (κ3) is 5.77. The number of nitrogens with zero attached hydrogens (tertiary/aromatic N) is 2. The first-order valence-corrected chi connectivity index (χ1v) is 12.3. The molecule has 31 heavy (non-hydrogen) atoms. The highest BCUT2D eigenvalue weighted by Gasteiger charge is 2.13. The molecule has 3 rings (SSSR count). The number of unbranched alkanes of at least 4 members (excludes halogenated alkanes) is 1. The molecule has 0 saturated carbocycles. The van der Waals surface area contributed by atoms with Crippen LogP contribution in [-0.2, 0) is 11.3 Å². The molecule has 0 aliphatic heterocycles. The maximum atomic E-state index is 12.8. The molecule has 2 aromatic carbocycles. The molecular formula is C23H26N2O4S2. The van der Waals surface area contributed by atoms with Gasteiger partial charge in [0.05, 0.1) is 29.5 Å². The number of thioether (sulfide) groups is 1. The van der Waals surface area contributed by atoms with Crippen molar-refractivity contribution in [2.45, 2.75) is 26.3 Å². The van der Waals surface area contributed by atoms with E-state index in [9.17, 15) is 9.59 Å². The maximum Gasteiger partial charge on any atom is 0.337 e. The number of ether oxygens (including phenoxy) is 2. The van der Waals surface area contributed by atoms with Gasteiger partial charge in [-0.05, 0) is 55.1 Å². The molecule has 0 atom stereocenters. The second-order valence-electron chi connectivity index (χ2n) is 6.85. The molecule has 1 amide bonds. The third-order valence-corrected chi connectivity index (χ3v) is 6.32. The van der Waals surface area contributed by atoms with Crippen LogP contribution < -0.4 is 9.54 Å². The number of methoxy groups -OCH3 is 1. The van der Waals surface area contributed by atoms with Crippen molar-refractivity contribution >= 4 is 45.2 Å². The normalized spacial score (nSPS) is 11.6. The SMILES string of the molecule is CCCCOc1ccc(C(=O)N=c2sc3cc(C(=O)OC)ccc3n2CCSC)cc1. The first-order chi connectivity index (χ1) is 15.1. The average Bonchev–Trinajstić information content (AvgIpc) is 3.13. The van der Waals surface area contributed by atoms with E-state index < -0.39 is 0 Å². The van der Waals surface area contributed by atoms with Gasteiger partial charge in [0, 0.05) is 17.9 Å². The molecule has 0 aliphatic rings. The van der Waals surface area contributed by atoms with Crippen molar-refractivity contribution in [3.63, 3.8) is 0 Å². The lowest BCUT2D eigenvalue weighted by molar-refractivity contribution is 0.0600. The quantitative estimate of drug-likeness (QED) is 0.341. The number of aryl methyl sites for hydroxylation is 1. The van der Waals surface area contributed by atoms with Gasteiger partial charge in [0.25, 0.3) is 5.91 Å². The van der Waals surface area contributed by atoms with E-state index in [1.54, 1.807) is 48.2 Å². The van der Waals surface area contributed by atoms with Crippen LogP contribution in [0.2, 0.25) is 0 Å². The summed E-state index contributed by atoms with van der Waals surface area (Å²) in [6.07, 6.45) is 4.11. The molecule has 0 aliphatic carbocycles. The predicted molar refractivity (Wildman–Crippen MR) is 126 cm³/mol. The summed E-state index contributed by atoms with van der Waals surface area (Å²) < 4.78 is 13.4.